The number of fused-ring (bicyclic) bond motifs is 8. The van der Waals surface area contributed by atoms with Gasteiger partial charge in [0.05, 0.1) is 26.8 Å². The zero-order valence-electron chi connectivity index (χ0n) is 37.9. The summed E-state index contributed by atoms with van der Waals surface area (Å²) in [5.74, 6) is 0. The molecular formula is C64H47N3S. The summed E-state index contributed by atoms with van der Waals surface area (Å²) >= 11 is 1.87. The molecule has 0 spiro atoms. The molecule has 0 fully saturated rings. The van der Waals surface area contributed by atoms with Crippen LogP contribution < -0.4 is 5.32 Å². The summed E-state index contributed by atoms with van der Waals surface area (Å²) in [6.45, 7) is 8.25. The summed E-state index contributed by atoms with van der Waals surface area (Å²) in [5.41, 5.74) is 19.8. The Hall–Kier alpha value is -8.44. The third-order valence-electron chi connectivity index (χ3n) is 13.2. The second-order valence-corrected chi connectivity index (χ2v) is 18.6. The molecule has 3 nitrogen and oxygen atoms in total. The molecule has 0 bridgehead atoms. The molecule has 0 atom stereocenters. The fourth-order valence-corrected chi connectivity index (χ4v) is 11.4. The molecule has 0 aliphatic carbocycles. The van der Waals surface area contributed by atoms with E-state index in [2.05, 4.69) is 247 Å². The summed E-state index contributed by atoms with van der Waals surface area (Å²) in [5, 5.41) is 8.83. The Bertz CT molecular complexity index is 3940. The van der Waals surface area contributed by atoms with E-state index >= 15 is 0 Å². The van der Waals surface area contributed by atoms with E-state index in [9.17, 15) is 0 Å². The van der Waals surface area contributed by atoms with E-state index in [0.717, 1.165) is 39.3 Å². The highest BCUT2D eigenvalue weighted by Crippen LogP contribution is 2.51. The smallest absolute Gasteiger partial charge is 0.0722 e. The highest BCUT2D eigenvalue weighted by Gasteiger charge is 2.26. The van der Waals surface area contributed by atoms with Crippen LogP contribution in [-0.2, 0) is 0 Å². The molecule has 12 rings (SSSR count). The molecule has 12 aromatic rings. The Morgan fingerprint density at radius 1 is 0.485 bits per heavy atom. The quantitative estimate of drug-likeness (QED) is 0.136. The van der Waals surface area contributed by atoms with Crippen LogP contribution in [0, 0.1) is 13.8 Å². The third kappa shape index (κ3) is 7.05. The maximum atomic E-state index is 3.85. The molecule has 68 heavy (non-hydrogen) atoms. The van der Waals surface area contributed by atoms with Crippen molar-refractivity contribution < 1.29 is 0 Å². The number of hydrogen-bond donors (Lipinski definition) is 1. The molecular weight excluding hydrogens is 843 g/mol. The summed E-state index contributed by atoms with van der Waals surface area (Å²) < 4.78 is 7.38. The lowest BCUT2D eigenvalue weighted by Crippen LogP contribution is -1.99. The van der Waals surface area contributed by atoms with Gasteiger partial charge in [-0.25, -0.2) is 0 Å². The lowest BCUT2D eigenvalue weighted by atomic mass is 9.83. The molecule has 0 unspecified atom stereocenters. The molecule has 0 amide bonds. The van der Waals surface area contributed by atoms with E-state index in [0.29, 0.717) is 0 Å². The Kier molecular flexibility index (Phi) is 10.3. The van der Waals surface area contributed by atoms with Crippen molar-refractivity contribution in [1.29, 1.82) is 0 Å². The van der Waals surface area contributed by atoms with Gasteiger partial charge in [0, 0.05) is 60.6 Å². The Balaban J connectivity index is 1.12. The first-order valence-corrected chi connectivity index (χ1v) is 24.0. The van der Waals surface area contributed by atoms with Crippen LogP contribution in [0.3, 0.4) is 0 Å². The zero-order valence-corrected chi connectivity index (χ0v) is 38.8. The molecule has 0 saturated carbocycles. The highest BCUT2D eigenvalue weighted by atomic mass is 32.1. The lowest BCUT2D eigenvalue weighted by Gasteiger charge is -2.22. The SMILES string of the molecule is C=C/C=C\C=C/n1c2ccc(-c3ccc(-c4c(-c5cc(C)ccc5Nc5ccccc5)cc5c(c4-c4ccccc4)c4cc(C)ccc4n5-c4ccccc4)cc3)cc2c2sc3ccccc3c21. The number of thiophene rings is 1. The molecule has 4 heteroatoms. The van der Waals surface area contributed by atoms with Gasteiger partial charge in [0.2, 0.25) is 0 Å². The van der Waals surface area contributed by atoms with E-state index < -0.39 is 0 Å². The Morgan fingerprint density at radius 3 is 1.94 bits per heavy atom. The second kappa shape index (κ2) is 17.1. The number of allylic oxidation sites excluding steroid dienone is 4. The van der Waals surface area contributed by atoms with Crippen LogP contribution in [0.1, 0.15) is 11.1 Å². The van der Waals surface area contributed by atoms with Crippen molar-refractivity contribution in [2.24, 2.45) is 0 Å². The zero-order chi connectivity index (χ0) is 45.7. The van der Waals surface area contributed by atoms with E-state index in [4.69, 9.17) is 0 Å². The number of nitrogens with one attached hydrogen (secondary N) is 1. The fraction of sp³-hybridized carbons (Fsp3) is 0.0312. The van der Waals surface area contributed by atoms with E-state index in [1.165, 1.54) is 86.4 Å². The minimum absolute atomic E-state index is 1.04. The van der Waals surface area contributed by atoms with Crippen LogP contribution in [-0.4, -0.2) is 9.13 Å². The standard InChI is InChI=1S/C64H47N3S/c1-4-5-6-18-37-66-56-36-33-47(40-54(56)64-63(66)50-25-16-17-26-59(50)68-64)44-29-31-46(32-30-44)60-52(51-38-42(2)27-34-55(51)65-48-21-12-8-13-22-48)41-58-62(61(60)45-19-10-7-11-20-45)53-39-43(3)28-35-57(53)67(58)49-23-14-9-15-24-49/h4-41,65H,1H2,2-3H3/b6-5-,37-18-. The van der Waals surface area contributed by atoms with Gasteiger partial charge in [-0.3, -0.25) is 0 Å². The summed E-state index contributed by atoms with van der Waals surface area (Å²) in [6.07, 6.45) is 10.1. The van der Waals surface area contributed by atoms with Gasteiger partial charge in [-0.05, 0) is 126 Å². The van der Waals surface area contributed by atoms with Gasteiger partial charge in [0.1, 0.15) is 0 Å². The van der Waals surface area contributed by atoms with Crippen LogP contribution >= 0.6 is 11.3 Å². The Morgan fingerprint density at radius 2 is 1.15 bits per heavy atom. The summed E-state index contributed by atoms with van der Waals surface area (Å²) in [4.78, 5) is 0. The summed E-state index contributed by atoms with van der Waals surface area (Å²) in [7, 11) is 0. The van der Waals surface area contributed by atoms with Crippen molar-refractivity contribution in [3.63, 3.8) is 0 Å². The molecule has 0 aliphatic heterocycles. The van der Waals surface area contributed by atoms with Crippen molar-refractivity contribution in [3.8, 4) is 50.2 Å². The topological polar surface area (TPSA) is 21.9 Å². The summed E-state index contributed by atoms with van der Waals surface area (Å²) in [6, 6.07) is 73.5. The maximum Gasteiger partial charge on any atom is 0.0722 e. The monoisotopic (exact) mass is 889 g/mol. The van der Waals surface area contributed by atoms with Crippen molar-refractivity contribution >= 4 is 81.9 Å². The van der Waals surface area contributed by atoms with E-state index in [1.54, 1.807) is 6.08 Å². The molecule has 9 aromatic carbocycles. The lowest BCUT2D eigenvalue weighted by molar-refractivity contribution is 1.18. The van der Waals surface area contributed by atoms with Gasteiger partial charge >= 0.3 is 0 Å². The van der Waals surface area contributed by atoms with Crippen molar-refractivity contribution in [2.75, 3.05) is 5.32 Å². The van der Waals surface area contributed by atoms with Crippen LogP contribution in [0.15, 0.2) is 231 Å². The maximum absolute atomic E-state index is 3.85. The average Bonchev–Trinajstić information content (AvgIpc) is 4.02. The van der Waals surface area contributed by atoms with Gasteiger partial charge in [0.25, 0.3) is 0 Å². The molecule has 3 aromatic heterocycles. The van der Waals surface area contributed by atoms with Gasteiger partial charge in [0.15, 0.2) is 0 Å². The van der Waals surface area contributed by atoms with Gasteiger partial charge in [-0.2, -0.15) is 0 Å². The van der Waals surface area contributed by atoms with Gasteiger partial charge < -0.3 is 14.5 Å². The minimum Gasteiger partial charge on any atom is -0.355 e. The fourth-order valence-electron chi connectivity index (χ4n) is 10.2. The number of anilines is 2. The van der Waals surface area contributed by atoms with Crippen LogP contribution in [0.5, 0.6) is 0 Å². The van der Waals surface area contributed by atoms with Crippen molar-refractivity contribution in [3.05, 3.63) is 242 Å². The van der Waals surface area contributed by atoms with Crippen molar-refractivity contribution in [1.82, 2.24) is 9.13 Å². The largest absolute Gasteiger partial charge is 0.355 e. The number of nitrogens with zero attached hydrogens (tertiary/aromatic N) is 2. The second-order valence-electron chi connectivity index (χ2n) is 17.6. The van der Waals surface area contributed by atoms with Crippen LogP contribution in [0.4, 0.5) is 11.4 Å². The number of rotatable bonds is 10. The normalized spacial score (nSPS) is 11.9. The number of para-hydroxylation sites is 2. The Labute approximate surface area is 400 Å². The number of aromatic nitrogens is 2. The molecule has 3 heterocycles. The molecule has 0 radical (unpaired) electrons. The highest BCUT2D eigenvalue weighted by molar-refractivity contribution is 7.26. The van der Waals surface area contributed by atoms with Crippen molar-refractivity contribution in [2.45, 2.75) is 13.8 Å². The molecule has 0 aliphatic rings. The first-order valence-electron chi connectivity index (χ1n) is 23.2. The first-order chi connectivity index (χ1) is 33.5. The van der Waals surface area contributed by atoms with E-state index in [1.807, 2.05) is 23.5 Å². The van der Waals surface area contributed by atoms with Gasteiger partial charge in [-0.1, -0.05) is 163 Å². The third-order valence-corrected chi connectivity index (χ3v) is 14.4. The molecule has 324 valence electrons. The number of benzene rings is 9. The van der Waals surface area contributed by atoms with Crippen LogP contribution in [0.25, 0.3) is 109 Å². The molecule has 1 N–H and O–H groups in total. The number of aryl methyl sites for hydroxylation is 2. The average molecular weight is 890 g/mol. The predicted molar refractivity (Wildman–Crippen MR) is 295 cm³/mol. The number of hydrogen-bond acceptors (Lipinski definition) is 2. The minimum atomic E-state index is 1.04. The van der Waals surface area contributed by atoms with Gasteiger partial charge in [-0.15, -0.1) is 11.3 Å². The van der Waals surface area contributed by atoms with Crippen LogP contribution in [0.2, 0.25) is 0 Å². The predicted octanol–water partition coefficient (Wildman–Crippen LogP) is 18.3. The van der Waals surface area contributed by atoms with E-state index in [-0.39, 0.29) is 0 Å². The first kappa shape index (κ1) is 41.0. The molecule has 0 saturated heterocycles.